The molecule has 0 aliphatic rings. The van der Waals surface area contributed by atoms with Crippen molar-refractivity contribution in [3.05, 3.63) is 82.0 Å². The Labute approximate surface area is 187 Å². The third-order valence-corrected chi connectivity index (χ3v) is 6.80. The van der Waals surface area contributed by atoms with Crippen molar-refractivity contribution in [1.82, 2.24) is 10.0 Å². The van der Waals surface area contributed by atoms with Crippen LogP contribution in [0.25, 0.3) is 0 Å². The van der Waals surface area contributed by atoms with Crippen LogP contribution in [0.15, 0.2) is 70.9 Å². The van der Waals surface area contributed by atoms with Crippen molar-refractivity contribution in [3.8, 4) is 5.75 Å². The highest BCUT2D eigenvalue weighted by Gasteiger charge is 2.18. The number of nitrogens with one attached hydrogen (secondary N) is 2. The van der Waals surface area contributed by atoms with Crippen LogP contribution < -0.4 is 14.8 Å². The normalized spacial score (nSPS) is 12.5. The van der Waals surface area contributed by atoms with E-state index in [1.165, 1.54) is 23.5 Å². The van der Waals surface area contributed by atoms with Crippen LogP contribution in [0.4, 0.5) is 0 Å². The van der Waals surface area contributed by atoms with Gasteiger partial charge in [0.05, 0.1) is 17.0 Å². The van der Waals surface area contributed by atoms with E-state index in [-0.39, 0.29) is 35.1 Å². The van der Waals surface area contributed by atoms with E-state index in [0.29, 0.717) is 0 Å². The standard InChI is InChI=1S/C23H26N2O4S2/c1-16(2)29-20-11-9-18(10-12-20)17(3)25-23(26)19-6-4-8-22(14-19)31(27,28)24-15-21-7-5-13-30-21/h4-14,16-17,24H,15H2,1-3H3,(H,25,26). The molecule has 0 spiro atoms. The lowest BCUT2D eigenvalue weighted by Gasteiger charge is -2.16. The summed E-state index contributed by atoms with van der Waals surface area (Å²) in [5.41, 5.74) is 1.21. The van der Waals surface area contributed by atoms with Gasteiger partial charge in [-0.1, -0.05) is 24.3 Å². The van der Waals surface area contributed by atoms with Gasteiger partial charge in [0.1, 0.15) is 5.75 Å². The van der Waals surface area contributed by atoms with Gasteiger partial charge in [-0.25, -0.2) is 13.1 Å². The van der Waals surface area contributed by atoms with Gasteiger partial charge in [-0.3, -0.25) is 4.79 Å². The van der Waals surface area contributed by atoms with Crippen LogP contribution in [0, 0.1) is 0 Å². The highest BCUT2D eigenvalue weighted by molar-refractivity contribution is 7.89. The molecule has 164 valence electrons. The second-order valence-electron chi connectivity index (χ2n) is 7.36. The predicted molar refractivity (Wildman–Crippen MR) is 123 cm³/mol. The molecule has 3 aromatic rings. The maximum atomic E-state index is 12.7. The summed E-state index contributed by atoms with van der Waals surface area (Å²) in [4.78, 5) is 13.7. The fraction of sp³-hybridized carbons (Fsp3) is 0.261. The summed E-state index contributed by atoms with van der Waals surface area (Å²) in [6.07, 6.45) is 0.0892. The zero-order chi connectivity index (χ0) is 22.4. The molecule has 1 heterocycles. The smallest absolute Gasteiger partial charge is 0.251 e. The van der Waals surface area contributed by atoms with Crippen LogP contribution in [0.2, 0.25) is 0 Å². The van der Waals surface area contributed by atoms with E-state index in [4.69, 9.17) is 4.74 Å². The molecule has 0 radical (unpaired) electrons. The predicted octanol–water partition coefficient (Wildman–Crippen LogP) is 4.50. The molecule has 31 heavy (non-hydrogen) atoms. The van der Waals surface area contributed by atoms with Gasteiger partial charge in [-0.2, -0.15) is 0 Å². The molecule has 1 aromatic heterocycles. The minimum absolute atomic E-state index is 0.0551. The first-order valence-corrected chi connectivity index (χ1v) is 12.3. The molecule has 2 N–H and O–H groups in total. The Morgan fingerprint density at radius 1 is 1.03 bits per heavy atom. The van der Waals surface area contributed by atoms with Crippen LogP contribution in [-0.4, -0.2) is 20.4 Å². The summed E-state index contributed by atoms with van der Waals surface area (Å²) in [5.74, 6) is 0.426. The molecular weight excluding hydrogens is 432 g/mol. The largest absolute Gasteiger partial charge is 0.491 e. The Bertz CT molecular complexity index is 1110. The summed E-state index contributed by atoms with van der Waals surface area (Å²) in [6, 6.07) is 17.0. The van der Waals surface area contributed by atoms with Crippen LogP contribution >= 0.6 is 11.3 Å². The SMILES string of the molecule is CC(C)Oc1ccc(C(C)NC(=O)c2cccc(S(=O)(=O)NCc3cccs3)c2)cc1. The van der Waals surface area contributed by atoms with Gasteiger partial charge < -0.3 is 10.1 Å². The Hall–Kier alpha value is -2.68. The van der Waals surface area contributed by atoms with Gasteiger partial charge in [0.15, 0.2) is 0 Å². The molecule has 1 atom stereocenters. The molecule has 3 rings (SSSR count). The third-order valence-electron chi connectivity index (χ3n) is 4.52. The second kappa shape index (κ2) is 10.1. The zero-order valence-corrected chi connectivity index (χ0v) is 19.3. The lowest BCUT2D eigenvalue weighted by molar-refractivity contribution is 0.0939. The number of thiophene rings is 1. The molecule has 0 saturated heterocycles. The third kappa shape index (κ3) is 6.40. The van der Waals surface area contributed by atoms with E-state index in [0.717, 1.165) is 16.2 Å². The lowest BCUT2D eigenvalue weighted by Crippen LogP contribution is -2.27. The minimum Gasteiger partial charge on any atom is -0.491 e. The first kappa shape index (κ1) is 23.0. The summed E-state index contributed by atoms with van der Waals surface area (Å²) >= 11 is 1.48. The van der Waals surface area contributed by atoms with Gasteiger partial charge in [0.25, 0.3) is 5.91 Å². The van der Waals surface area contributed by atoms with Crippen LogP contribution in [-0.2, 0) is 16.6 Å². The maximum absolute atomic E-state index is 12.7. The van der Waals surface area contributed by atoms with E-state index < -0.39 is 10.0 Å². The summed E-state index contributed by atoms with van der Waals surface area (Å²) in [7, 11) is -3.73. The Morgan fingerprint density at radius 3 is 2.42 bits per heavy atom. The van der Waals surface area contributed by atoms with Gasteiger partial charge in [-0.05, 0) is 68.1 Å². The highest BCUT2D eigenvalue weighted by atomic mass is 32.2. The van der Waals surface area contributed by atoms with Crippen molar-refractivity contribution in [3.63, 3.8) is 0 Å². The van der Waals surface area contributed by atoms with Crippen LogP contribution in [0.1, 0.15) is 47.6 Å². The fourth-order valence-corrected chi connectivity index (χ4v) is 4.73. The fourth-order valence-electron chi connectivity index (χ4n) is 2.94. The molecule has 0 bridgehead atoms. The molecular formula is C23H26N2O4S2. The molecule has 6 nitrogen and oxygen atoms in total. The van der Waals surface area contributed by atoms with Crippen LogP contribution in [0.3, 0.4) is 0 Å². The first-order valence-electron chi connectivity index (χ1n) is 9.94. The van der Waals surface area contributed by atoms with Crippen LogP contribution in [0.5, 0.6) is 5.75 Å². The molecule has 8 heteroatoms. The van der Waals surface area contributed by atoms with E-state index in [1.807, 2.05) is 62.5 Å². The average Bonchev–Trinajstić information content (AvgIpc) is 3.26. The number of benzene rings is 2. The zero-order valence-electron chi connectivity index (χ0n) is 17.7. The number of hydrogen-bond acceptors (Lipinski definition) is 5. The topological polar surface area (TPSA) is 84.5 Å². The highest BCUT2D eigenvalue weighted by Crippen LogP contribution is 2.20. The van der Waals surface area contributed by atoms with Crippen molar-refractivity contribution in [1.29, 1.82) is 0 Å². The van der Waals surface area contributed by atoms with Crippen molar-refractivity contribution in [2.75, 3.05) is 0 Å². The van der Waals surface area contributed by atoms with E-state index in [2.05, 4.69) is 10.0 Å². The number of ether oxygens (including phenoxy) is 1. The number of amides is 1. The molecule has 0 aliphatic heterocycles. The summed E-state index contributed by atoms with van der Waals surface area (Å²) in [5, 5.41) is 4.80. The van der Waals surface area contributed by atoms with Crippen molar-refractivity contribution < 1.29 is 17.9 Å². The molecule has 2 aromatic carbocycles. The molecule has 0 saturated carbocycles. The number of carbonyl (C=O) groups is 1. The number of hydrogen-bond donors (Lipinski definition) is 2. The van der Waals surface area contributed by atoms with Crippen molar-refractivity contribution in [2.45, 2.75) is 44.4 Å². The first-order chi connectivity index (χ1) is 14.7. The Kier molecular flexibility index (Phi) is 7.48. The quantitative estimate of drug-likeness (QED) is 0.494. The van der Waals surface area contributed by atoms with Crippen molar-refractivity contribution in [2.24, 2.45) is 0 Å². The van der Waals surface area contributed by atoms with Crippen molar-refractivity contribution >= 4 is 27.3 Å². The Balaban J connectivity index is 1.66. The molecule has 1 unspecified atom stereocenters. The van der Waals surface area contributed by atoms with Gasteiger partial charge in [-0.15, -0.1) is 11.3 Å². The van der Waals surface area contributed by atoms with E-state index >= 15 is 0 Å². The van der Waals surface area contributed by atoms with Gasteiger partial charge in [0, 0.05) is 17.0 Å². The molecule has 0 fully saturated rings. The average molecular weight is 459 g/mol. The molecule has 1 amide bonds. The van der Waals surface area contributed by atoms with E-state index in [1.54, 1.807) is 12.1 Å². The minimum atomic E-state index is -3.73. The van der Waals surface area contributed by atoms with Gasteiger partial charge in [0.2, 0.25) is 10.0 Å². The monoisotopic (exact) mass is 458 g/mol. The second-order valence-corrected chi connectivity index (χ2v) is 10.2. The number of sulfonamides is 1. The number of carbonyl (C=O) groups excluding carboxylic acids is 1. The maximum Gasteiger partial charge on any atom is 0.251 e. The van der Waals surface area contributed by atoms with Gasteiger partial charge >= 0.3 is 0 Å². The Morgan fingerprint density at radius 2 is 1.77 bits per heavy atom. The molecule has 0 aliphatic carbocycles. The lowest BCUT2D eigenvalue weighted by atomic mass is 10.1. The summed E-state index contributed by atoms with van der Waals surface area (Å²) < 4.78 is 33.4. The number of rotatable bonds is 9. The van der Waals surface area contributed by atoms with E-state index in [9.17, 15) is 13.2 Å². The summed E-state index contributed by atoms with van der Waals surface area (Å²) in [6.45, 7) is 6.01.